The van der Waals surface area contributed by atoms with Crippen LogP contribution in [0.25, 0.3) is 0 Å². The van der Waals surface area contributed by atoms with Crippen LogP contribution in [0, 0.1) is 10.8 Å². The monoisotopic (exact) mass is 407 g/mol. The van der Waals surface area contributed by atoms with Gasteiger partial charge in [-0.2, -0.15) is 0 Å². The number of nitrogens with two attached hydrogens (primary N) is 1. The molecule has 6 nitrogen and oxygen atoms in total. The first-order valence-corrected chi connectivity index (χ1v) is 10.2. The van der Waals surface area contributed by atoms with Gasteiger partial charge in [-0.15, -0.1) is 0 Å². The number of hydrogen-bond acceptors (Lipinski definition) is 4. The molecule has 1 aromatic carbocycles. The molecule has 0 radical (unpaired) electrons. The van der Waals surface area contributed by atoms with E-state index in [2.05, 4.69) is 5.32 Å². The van der Waals surface area contributed by atoms with Crippen molar-refractivity contribution < 1.29 is 14.7 Å². The summed E-state index contributed by atoms with van der Waals surface area (Å²) in [6.45, 7) is 6.67. The second kappa shape index (κ2) is 7.65. The maximum atomic E-state index is 13.0. The fourth-order valence-corrected chi connectivity index (χ4v) is 4.04. The van der Waals surface area contributed by atoms with Crippen molar-refractivity contribution >= 4 is 23.4 Å². The fraction of sp³-hybridized carbons (Fsp3) is 0.619. The van der Waals surface area contributed by atoms with Crippen LogP contribution in [0.5, 0.6) is 0 Å². The summed E-state index contributed by atoms with van der Waals surface area (Å²) >= 11 is 6.07. The topological polar surface area (TPSA) is 95.7 Å². The van der Waals surface area contributed by atoms with E-state index in [1.54, 1.807) is 17.0 Å². The average Bonchev–Trinajstić information content (AvgIpc) is 3.28. The van der Waals surface area contributed by atoms with Crippen LogP contribution >= 0.6 is 11.6 Å². The van der Waals surface area contributed by atoms with Gasteiger partial charge in [0, 0.05) is 24.7 Å². The number of amides is 2. The minimum absolute atomic E-state index is 0.0494. The average molecular weight is 408 g/mol. The van der Waals surface area contributed by atoms with E-state index in [4.69, 9.17) is 17.3 Å². The Morgan fingerprint density at radius 3 is 2.61 bits per heavy atom. The summed E-state index contributed by atoms with van der Waals surface area (Å²) in [6, 6.07) is 4.88. The number of benzene rings is 1. The maximum absolute atomic E-state index is 13.0. The summed E-state index contributed by atoms with van der Waals surface area (Å²) in [5.41, 5.74) is 7.04. The largest absolute Gasteiger partial charge is 0.383 e. The zero-order chi connectivity index (χ0) is 20.7. The summed E-state index contributed by atoms with van der Waals surface area (Å²) in [7, 11) is 0. The third-order valence-electron chi connectivity index (χ3n) is 5.95. The molecule has 28 heavy (non-hydrogen) atoms. The van der Waals surface area contributed by atoms with Crippen molar-refractivity contribution in [3.63, 3.8) is 0 Å². The fourth-order valence-electron chi connectivity index (χ4n) is 3.85. The van der Waals surface area contributed by atoms with Crippen LogP contribution < -0.4 is 11.1 Å². The first-order valence-electron chi connectivity index (χ1n) is 9.80. The lowest BCUT2D eigenvalue weighted by Crippen LogP contribution is -2.51. The third-order valence-corrected chi connectivity index (χ3v) is 6.18. The Bertz CT molecular complexity index is 771. The maximum Gasteiger partial charge on any atom is 0.252 e. The van der Waals surface area contributed by atoms with E-state index in [0.717, 1.165) is 24.0 Å². The van der Waals surface area contributed by atoms with Crippen LogP contribution in [0.15, 0.2) is 18.2 Å². The molecule has 7 heteroatoms. The second-order valence-corrected chi connectivity index (χ2v) is 9.73. The number of aliphatic hydroxyl groups is 1. The van der Waals surface area contributed by atoms with Gasteiger partial charge < -0.3 is 21.1 Å². The Morgan fingerprint density at radius 2 is 2.04 bits per heavy atom. The SMILES string of the molecule is CC(C)(C)[C@@H](O)C(=O)N1CC2(CC2)C[C@H]1C(=O)NCc1cc(Cl)ccc1CN. The molecule has 1 saturated carbocycles. The van der Waals surface area contributed by atoms with Gasteiger partial charge in [-0.05, 0) is 53.4 Å². The molecule has 2 aliphatic rings. The van der Waals surface area contributed by atoms with Crippen LogP contribution in [-0.2, 0) is 22.7 Å². The van der Waals surface area contributed by atoms with Gasteiger partial charge in [0.05, 0.1) is 0 Å². The lowest BCUT2D eigenvalue weighted by Gasteiger charge is -2.31. The number of carbonyl (C=O) groups is 2. The van der Waals surface area contributed by atoms with Crippen LogP contribution in [0.3, 0.4) is 0 Å². The first-order chi connectivity index (χ1) is 13.1. The number of likely N-dealkylation sites (tertiary alicyclic amines) is 1. The van der Waals surface area contributed by atoms with Gasteiger partial charge in [0.25, 0.3) is 5.91 Å². The molecule has 1 spiro atoms. The van der Waals surface area contributed by atoms with E-state index in [0.29, 0.717) is 31.1 Å². The van der Waals surface area contributed by atoms with Crippen molar-refractivity contribution in [1.29, 1.82) is 0 Å². The van der Waals surface area contributed by atoms with Crippen LogP contribution in [0.4, 0.5) is 0 Å². The number of nitrogens with zero attached hydrogens (tertiary/aromatic N) is 1. The first kappa shape index (κ1) is 21.1. The van der Waals surface area contributed by atoms with Gasteiger partial charge in [0.1, 0.15) is 12.1 Å². The highest BCUT2D eigenvalue weighted by Gasteiger charge is 2.56. The Balaban J connectivity index is 1.72. The standard InChI is InChI=1S/C21H30ClN3O3/c1-20(2,3)17(26)19(28)25-12-21(6-7-21)9-16(25)18(27)24-11-14-8-15(22)5-4-13(14)10-23/h4-5,8,16-17,26H,6-7,9-12,23H2,1-3H3,(H,24,27)/t16-,17-/m0/s1. The van der Waals surface area contributed by atoms with E-state index >= 15 is 0 Å². The van der Waals surface area contributed by atoms with Gasteiger partial charge in [-0.1, -0.05) is 38.4 Å². The number of nitrogens with one attached hydrogen (secondary N) is 1. The van der Waals surface area contributed by atoms with Crippen LogP contribution in [0.1, 0.15) is 51.2 Å². The molecular weight excluding hydrogens is 378 g/mol. The molecule has 2 atom stereocenters. The van der Waals surface area contributed by atoms with E-state index in [1.807, 2.05) is 26.8 Å². The normalized spacial score (nSPS) is 21.6. The summed E-state index contributed by atoms with van der Waals surface area (Å²) in [4.78, 5) is 27.4. The molecule has 154 valence electrons. The van der Waals surface area contributed by atoms with Crippen molar-refractivity contribution in [2.75, 3.05) is 6.54 Å². The van der Waals surface area contributed by atoms with Gasteiger partial charge in [0.15, 0.2) is 0 Å². The zero-order valence-corrected chi connectivity index (χ0v) is 17.6. The summed E-state index contributed by atoms with van der Waals surface area (Å²) in [5.74, 6) is -0.553. The molecule has 2 amide bonds. The summed E-state index contributed by atoms with van der Waals surface area (Å²) < 4.78 is 0. The van der Waals surface area contributed by atoms with Gasteiger partial charge in [0.2, 0.25) is 5.91 Å². The molecule has 0 aromatic heterocycles. The molecular formula is C21H30ClN3O3. The predicted molar refractivity (Wildman–Crippen MR) is 108 cm³/mol. The molecule has 1 heterocycles. The van der Waals surface area contributed by atoms with Crippen molar-refractivity contribution in [3.8, 4) is 0 Å². The minimum Gasteiger partial charge on any atom is -0.383 e. The lowest BCUT2D eigenvalue weighted by atomic mass is 9.88. The molecule has 1 aliphatic carbocycles. The highest BCUT2D eigenvalue weighted by Crippen LogP contribution is 2.55. The van der Waals surface area contributed by atoms with Gasteiger partial charge in [-0.25, -0.2) is 0 Å². The van der Waals surface area contributed by atoms with E-state index in [9.17, 15) is 14.7 Å². The molecule has 1 saturated heterocycles. The molecule has 2 fully saturated rings. The van der Waals surface area contributed by atoms with E-state index in [1.165, 1.54) is 0 Å². The van der Waals surface area contributed by atoms with Crippen LogP contribution in [-0.4, -0.2) is 40.5 Å². The molecule has 1 aromatic rings. The van der Waals surface area contributed by atoms with Gasteiger partial charge in [-0.3, -0.25) is 9.59 Å². The van der Waals surface area contributed by atoms with Crippen molar-refractivity contribution in [2.45, 2.75) is 65.3 Å². The molecule has 0 bridgehead atoms. The van der Waals surface area contributed by atoms with E-state index in [-0.39, 0.29) is 17.2 Å². The molecule has 4 N–H and O–H groups in total. The molecule has 1 aliphatic heterocycles. The smallest absolute Gasteiger partial charge is 0.252 e. The molecule has 0 unspecified atom stereocenters. The minimum atomic E-state index is -1.13. The van der Waals surface area contributed by atoms with Crippen molar-refractivity contribution in [3.05, 3.63) is 34.3 Å². The molecule has 3 rings (SSSR count). The Kier molecular flexibility index (Phi) is 5.76. The zero-order valence-electron chi connectivity index (χ0n) is 16.8. The van der Waals surface area contributed by atoms with Crippen LogP contribution in [0.2, 0.25) is 5.02 Å². The number of hydrogen-bond donors (Lipinski definition) is 3. The van der Waals surface area contributed by atoms with Crippen molar-refractivity contribution in [1.82, 2.24) is 10.2 Å². The Hall–Kier alpha value is -1.63. The summed E-state index contributed by atoms with van der Waals surface area (Å²) in [5, 5.41) is 14.0. The highest BCUT2D eigenvalue weighted by molar-refractivity contribution is 6.30. The number of aliphatic hydroxyl groups excluding tert-OH is 1. The Labute approximate surface area is 171 Å². The predicted octanol–water partition coefficient (Wildman–Crippen LogP) is 2.20. The summed E-state index contributed by atoms with van der Waals surface area (Å²) in [6.07, 6.45) is 1.57. The highest BCUT2D eigenvalue weighted by atomic mass is 35.5. The van der Waals surface area contributed by atoms with Crippen molar-refractivity contribution in [2.24, 2.45) is 16.6 Å². The second-order valence-electron chi connectivity index (χ2n) is 9.29. The quantitative estimate of drug-likeness (QED) is 0.697. The Morgan fingerprint density at radius 1 is 1.36 bits per heavy atom. The number of rotatable bonds is 5. The van der Waals surface area contributed by atoms with Gasteiger partial charge >= 0.3 is 0 Å². The number of halogens is 1. The van der Waals surface area contributed by atoms with E-state index < -0.39 is 17.6 Å². The number of carbonyl (C=O) groups excluding carboxylic acids is 2. The lowest BCUT2D eigenvalue weighted by molar-refractivity contribution is -0.150. The third kappa shape index (κ3) is 4.34.